The number of carbonyl (C=O) groups is 1. The first-order valence-electron chi connectivity index (χ1n) is 10.2. The van der Waals surface area contributed by atoms with Crippen molar-refractivity contribution in [3.8, 4) is 0 Å². The van der Waals surface area contributed by atoms with E-state index in [4.69, 9.17) is 9.15 Å². The molecular formula is C22H26N4O3. The molecule has 2 saturated heterocycles. The smallest absolute Gasteiger partial charge is 0.254 e. The maximum Gasteiger partial charge on any atom is 0.254 e. The van der Waals surface area contributed by atoms with Crippen LogP contribution in [0.2, 0.25) is 0 Å². The number of likely N-dealkylation sites (tertiary alicyclic amines) is 1. The fraction of sp³-hybridized carbons (Fsp3) is 0.500. The third kappa shape index (κ3) is 3.23. The third-order valence-corrected chi connectivity index (χ3v) is 6.22. The first-order chi connectivity index (χ1) is 13.9. The van der Waals surface area contributed by atoms with Gasteiger partial charge in [-0.1, -0.05) is 13.8 Å². The minimum Gasteiger partial charge on any atom is -0.438 e. The quantitative estimate of drug-likeness (QED) is 0.678. The summed E-state index contributed by atoms with van der Waals surface area (Å²) in [6.07, 6.45) is 5.84. The van der Waals surface area contributed by atoms with Crippen LogP contribution in [-0.2, 0) is 11.8 Å². The highest BCUT2D eigenvalue weighted by molar-refractivity contribution is 5.97. The van der Waals surface area contributed by atoms with Gasteiger partial charge < -0.3 is 14.1 Å². The summed E-state index contributed by atoms with van der Waals surface area (Å²) in [6, 6.07) is 5.52. The predicted octanol–water partition coefficient (Wildman–Crippen LogP) is 3.68. The molecule has 7 heteroatoms. The van der Waals surface area contributed by atoms with Gasteiger partial charge in [0, 0.05) is 44.4 Å². The third-order valence-electron chi connectivity index (χ3n) is 6.22. The second-order valence-corrected chi connectivity index (χ2v) is 8.91. The van der Waals surface area contributed by atoms with Gasteiger partial charge in [0.1, 0.15) is 11.6 Å². The Hall–Kier alpha value is -2.67. The zero-order valence-corrected chi connectivity index (χ0v) is 17.1. The van der Waals surface area contributed by atoms with Crippen molar-refractivity contribution in [2.45, 2.75) is 38.7 Å². The van der Waals surface area contributed by atoms with Crippen molar-refractivity contribution in [3.63, 3.8) is 0 Å². The van der Waals surface area contributed by atoms with Gasteiger partial charge in [0.15, 0.2) is 5.58 Å². The number of oxazole rings is 1. The topological polar surface area (TPSA) is 73.4 Å². The van der Waals surface area contributed by atoms with Crippen molar-refractivity contribution < 1.29 is 13.9 Å². The van der Waals surface area contributed by atoms with Crippen LogP contribution in [0.3, 0.4) is 0 Å². The van der Waals surface area contributed by atoms with Crippen LogP contribution in [0.15, 0.2) is 35.0 Å². The summed E-state index contributed by atoms with van der Waals surface area (Å²) in [5, 5.41) is 4.31. The number of rotatable bonds is 3. The highest BCUT2D eigenvalue weighted by atomic mass is 16.5. The largest absolute Gasteiger partial charge is 0.438 e. The van der Waals surface area contributed by atoms with E-state index in [-0.39, 0.29) is 23.3 Å². The van der Waals surface area contributed by atoms with Crippen LogP contribution in [0.4, 0.5) is 0 Å². The molecule has 2 aliphatic rings. The van der Waals surface area contributed by atoms with Crippen molar-refractivity contribution in [3.05, 3.63) is 47.6 Å². The second kappa shape index (κ2) is 6.69. The summed E-state index contributed by atoms with van der Waals surface area (Å²) in [5.74, 6) is 0.905. The van der Waals surface area contributed by atoms with Crippen molar-refractivity contribution in [2.24, 2.45) is 12.5 Å². The maximum atomic E-state index is 13.2. The number of hydrogen-bond donors (Lipinski definition) is 0. The van der Waals surface area contributed by atoms with Gasteiger partial charge in [0.25, 0.3) is 5.91 Å². The summed E-state index contributed by atoms with van der Waals surface area (Å²) in [7, 11) is 1.92. The van der Waals surface area contributed by atoms with E-state index in [2.05, 4.69) is 23.9 Å². The molecule has 7 nitrogen and oxygen atoms in total. The predicted molar refractivity (Wildman–Crippen MR) is 108 cm³/mol. The van der Waals surface area contributed by atoms with Crippen molar-refractivity contribution in [2.75, 3.05) is 19.7 Å². The van der Waals surface area contributed by atoms with Crippen LogP contribution in [0.1, 0.15) is 60.5 Å². The van der Waals surface area contributed by atoms with Gasteiger partial charge in [-0.05, 0) is 42.0 Å². The zero-order valence-electron chi connectivity index (χ0n) is 17.1. The molecule has 1 amide bonds. The molecule has 2 aromatic heterocycles. The Balaban J connectivity index is 1.39. The van der Waals surface area contributed by atoms with Crippen LogP contribution in [0.25, 0.3) is 11.1 Å². The molecule has 4 heterocycles. The standard InChI is InChI=1S/C22H26N4O3/c1-22(2)13-26(12-16(22)15-10-23-25(3)11-15)21(27)14-6-7-17-19(9-14)29-20(24-17)18-5-4-8-28-18/h6-7,9-11,16,18H,4-5,8,12-13H2,1-3H3. The average Bonchev–Trinajstić information content (AvgIpc) is 3.45. The number of fused-ring (bicyclic) bond motifs is 1. The van der Waals surface area contributed by atoms with Gasteiger partial charge in [0.2, 0.25) is 5.89 Å². The maximum absolute atomic E-state index is 13.2. The van der Waals surface area contributed by atoms with Gasteiger partial charge in [-0.2, -0.15) is 5.10 Å². The van der Waals surface area contributed by atoms with Crippen LogP contribution < -0.4 is 0 Å². The van der Waals surface area contributed by atoms with E-state index < -0.39 is 0 Å². The number of ether oxygens (including phenoxy) is 1. The molecule has 5 rings (SSSR count). The molecule has 3 aromatic rings. The summed E-state index contributed by atoms with van der Waals surface area (Å²) >= 11 is 0. The fourth-order valence-corrected chi connectivity index (χ4v) is 4.63. The monoisotopic (exact) mass is 394 g/mol. The molecule has 0 aliphatic carbocycles. The Kier molecular flexibility index (Phi) is 4.24. The number of carbonyl (C=O) groups excluding carboxylic acids is 1. The van der Waals surface area contributed by atoms with Crippen molar-refractivity contribution >= 4 is 17.0 Å². The van der Waals surface area contributed by atoms with Gasteiger partial charge in [-0.3, -0.25) is 9.48 Å². The first kappa shape index (κ1) is 18.4. The molecule has 0 N–H and O–H groups in total. The van der Waals surface area contributed by atoms with Crippen LogP contribution in [-0.4, -0.2) is 45.3 Å². The summed E-state index contributed by atoms with van der Waals surface area (Å²) < 4.78 is 13.4. The fourth-order valence-electron chi connectivity index (χ4n) is 4.63. The number of benzene rings is 1. The lowest BCUT2D eigenvalue weighted by molar-refractivity contribution is 0.0778. The Morgan fingerprint density at radius 2 is 2.17 bits per heavy atom. The Bertz CT molecular complexity index is 1060. The van der Waals surface area contributed by atoms with Gasteiger partial charge in [-0.25, -0.2) is 4.98 Å². The van der Waals surface area contributed by atoms with E-state index in [1.807, 2.05) is 47.2 Å². The highest BCUT2D eigenvalue weighted by Gasteiger charge is 2.42. The van der Waals surface area contributed by atoms with E-state index in [1.54, 1.807) is 0 Å². The molecule has 0 radical (unpaired) electrons. The number of hydrogen-bond acceptors (Lipinski definition) is 5. The molecule has 1 aromatic carbocycles. The Morgan fingerprint density at radius 1 is 1.31 bits per heavy atom. The molecule has 152 valence electrons. The van der Waals surface area contributed by atoms with E-state index in [9.17, 15) is 4.79 Å². The molecule has 2 unspecified atom stereocenters. The molecule has 0 bridgehead atoms. The van der Waals surface area contributed by atoms with Crippen LogP contribution in [0.5, 0.6) is 0 Å². The van der Waals surface area contributed by atoms with E-state index in [1.165, 1.54) is 5.56 Å². The second-order valence-electron chi connectivity index (χ2n) is 8.91. The molecule has 2 atom stereocenters. The number of amides is 1. The normalized spacial score (nSPS) is 23.9. The molecule has 2 fully saturated rings. The van der Waals surface area contributed by atoms with E-state index in [0.29, 0.717) is 30.1 Å². The summed E-state index contributed by atoms with van der Waals surface area (Å²) in [6.45, 7) is 6.57. The molecule has 0 saturated carbocycles. The lowest BCUT2D eigenvalue weighted by Crippen LogP contribution is -2.30. The van der Waals surface area contributed by atoms with Crippen LogP contribution >= 0.6 is 0 Å². The van der Waals surface area contributed by atoms with Gasteiger partial charge >= 0.3 is 0 Å². The molecular weight excluding hydrogens is 368 g/mol. The lowest BCUT2D eigenvalue weighted by Gasteiger charge is -2.24. The Morgan fingerprint density at radius 3 is 2.90 bits per heavy atom. The summed E-state index contributed by atoms with van der Waals surface area (Å²) in [4.78, 5) is 19.7. The number of nitrogens with zero attached hydrogens (tertiary/aromatic N) is 4. The SMILES string of the molecule is Cn1cc(C2CN(C(=O)c3ccc4nc(C5CCCO5)oc4c3)CC2(C)C)cn1. The van der Waals surface area contributed by atoms with Gasteiger partial charge in [0.05, 0.1) is 6.20 Å². The molecule has 2 aliphatic heterocycles. The van der Waals surface area contributed by atoms with Crippen molar-refractivity contribution in [1.29, 1.82) is 0 Å². The minimum absolute atomic E-state index is 0.0119. The van der Waals surface area contributed by atoms with Crippen molar-refractivity contribution in [1.82, 2.24) is 19.7 Å². The average molecular weight is 394 g/mol. The molecule has 0 spiro atoms. The number of aromatic nitrogens is 3. The minimum atomic E-state index is -0.0684. The van der Waals surface area contributed by atoms with E-state index in [0.717, 1.165) is 25.0 Å². The zero-order chi connectivity index (χ0) is 20.2. The summed E-state index contributed by atoms with van der Waals surface area (Å²) in [5.41, 5.74) is 3.21. The molecule has 29 heavy (non-hydrogen) atoms. The van der Waals surface area contributed by atoms with Crippen LogP contribution in [0, 0.1) is 5.41 Å². The number of aryl methyl sites for hydroxylation is 1. The van der Waals surface area contributed by atoms with Gasteiger partial charge in [-0.15, -0.1) is 0 Å². The van der Waals surface area contributed by atoms with E-state index >= 15 is 0 Å². The lowest BCUT2D eigenvalue weighted by atomic mass is 9.79. The Labute approximate surface area is 169 Å². The first-order valence-corrected chi connectivity index (χ1v) is 10.2. The highest BCUT2D eigenvalue weighted by Crippen LogP contribution is 2.42.